The van der Waals surface area contributed by atoms with Crippen LogP contribution >= 0.6 is 15.9 Å². The van der Waals surface area contributed by atoms with E-state index in [1.54, 1.807) is 60.4 Å². The van der Waals surface area contributed by atoms with Gasteiger partial charge in [0.2, 0.25) is 5.91 Å². The van der Waals surface area contributed by atoms with Crippen molar-refractivity contribution in [3.63, 3.8) is 0 Å². The quantitative estimate of drug-likeness (QED) is 0.579. The largest absolute Gasteiger partial charge is 0.327 e. The first-order valence-corrected chi connectivity index (χ1v) is 10.7. The number of hydrogen-bond acceptors (Lipinski definition) is 4. The number of benzene rings is 2. The maximum atomic E-state index is 13.0. The summed E-state index contributed by atoms with van der Waals surface area (Å²) < 4.78 is 0.875. The average molecular weight is 485 g/mol. The second kappa shape index (κ2) is 8.14. The summed E-state index contributed by atoms with van der Waals surface area (Å²) in [7, 11) is 0. The molecule has 2 aromatic carbocycles. The second-order valence-corrected chi connectivity index (χ2v) is 8.68. The molecule has 160 valence electrons. The molecule has 2 unspecified atom stereocenters. The van der Waals surface area contributed by atoms with Crippen LogP contribution in [0, 0.1) is 0 Å². The van der Waals surface area contributed by atoms with Crippen LogP contribution in [0.25, 0.3) is 0 Å². The molecular formula is C22H21BrN4O4. The number of amides is 5. The van der Waals surface area contributed by atoms with Gasteiger partial charge in [-0.1, -0.05) is 28.1 Å². The topological polar surface area (TPSA) is 108 Å². The van der Waals surface area contributed by atoms with E-state index in [4.69, 9.17) is 0 Å². The van der Waals surface area contributed by atoms with Gasteiger partial charge in [0.1, 0.15) is 11.6 Å². The number of nitrogens with one attached hydrogen (secondary N) is 3. The number of imide groups is 1. The molecule has 2 aromatic rings. The zero-order valence-electron chi connectivity index (χ0n) is 16.8. The number of anilines is 1. The lowest BCUT2D eigenvalue weighted by molar-refractivity contribution is -0.123. The molecule has 0 aromatic heterocycles. The van der Waals surface area contributed by atoms with Crippen molar-refractivity contribution in [2.75, 3.05) is 11.9 Å². The van der Waals surface area contributed by atoms with Crippen molar-refractivity contribution in [1.29, 1.82) is 0 Å². The molecule has 0 saturated carbocycles. The fourth-order valence-corrected chi connectivity index (χ4v) is 4.18. The van der Waals surface area contributed by atoms with E-state index in [-0.39, 0.29) is 11.8 Å². The Morgan fingerprint density at radius 2 is 1.90 bits per heavy atom. The molecule has 3 N–H and O–H groups in total. The van der Waals surface area contributed by atoms with Gasteiger partial charge in [-0.05, 0) is 61.7 Å². The minimum Gasteiger partial charge on any atom is -0.327 e. The van der Waals surface area contributed by atoms with Crippen LogP contribution in [0.1, 0.15) is 35.7 Å². The van der Waals surface area contributed by atoms with Crippen LogP contribution in [0.5, 0.6) is 0 Å². The molecule has 0 spiro atoms. The van der Waals surface area contributed by atoms with Gasteiger partial charge in [-0.3, -0.25) is 19.7 Å². The summed E-state index contributed by atoms with van der Waals surface area (Å²) in [5.41, 5.74) is 0.346. The van der Waals surface area contributed by atoms with Gasteiger partial charge in [-0.25, -0.2) is 4.79 Å². The summed E-state index contributed by atoms with van der Waals surface area (Å²) in [5, 5.41) is 7.68. The first kappa shape index (κ1) is 21.0. The Bertz CT molecular complexity index is 1070. The van der Waals surface area contributed by atoms with Crippen LogP contribution in [0.15, 0.2) is 53.0 Å². The lowest BCUT2D eigenvalue weighted by atomic mass is 9.92. The molecule has 2 saturated heterocycles. The highest BCUT2D eigenvalue weighted by Gasteiger charge is 2.43. The summed E-state index contributed by atoms with van der Waals surface area (Å²) in [5.74, 6) is -0.926. The van der Waals surface area contributed by atoms with E-state index in [9.17, 15) is 19.2 Å². The number of urea groups is 1. The van der Waals surface area contributed by atoms with Gasteiger partial charge in [0.05, 0.1) is 0 Å². The molecule has 5 amide bonds. The molecule has 2 fully saturated rings. The van der Waals surface area contributed by atoms with Crippen molar-refractivity contribution in [2.45, 2.75) is 31.3 Å². The molecule has 31 heavy (non-hydrogen) atoms. The number of hydrogen-bond donors (Lipinski definition) is 3. The fourth-order valence-electron chi connectivity index (χ4n) is 3.92. The van der Waals surface area contributed by atoms with Crippen LogP contribution < -0.4 is 16.0 Å². The van der Waals surface area contributed by atoms with Crippen molar-refractivity contribution in [2.24, 2.45) is 0 Å². The van der Waals surface area contributed by atoms with Crippen molar-refractivity contribution < 1.29 is 19.2 Å². The van der Waals surface area contributed by atoms with Gasteiger partial charge in [-0.15, -0.1) is 0 Å². The third-order valence-electron chi connectivity index (χ3n) is 5.66. The Morgan fingerprint density at radius 1 is 1.16 bits per heavy atom. The summed E-state index contributed by atoms with van der Waals surface area (Å²) in [4.78, 5) is 51.2. The van der Waals surface area contributed by atoms with E-state index >= 15 is 0 Å². The predicted octanol–water partition coefficient (Wildman–Crippen LogP) is 2.75. The Labute approximate surface area is 187 Å². The Morgan fingerprint density at radius 3 is 2.58 bits per heavy atom. The Kier molecular flexibility index (Phi) is 5.53. The fraction of sp³-hybridized carbons (Fsp3) is 0.273. The number of halogens is 1. The minimum absolute atomic E-state index is 0.184. The van der Waals surface area contributed by atoms with Gasteiger partial charge >= 0.3 is 6.03 Å². The van der Waals surface area contributed by atoms with Crippen LogP contribution in [-0.2, 0) is 15.1 Å². The van der Waals surface area contributed by atoms with E-state index < -0.39 is 23.5 Å². The van der Waals surface area contributed by atoms with Crippen LogP contribution in [-0.4, -0.2) is 41.2 Å². The molecule has 8 nitrogen and oxygen atoms in total. The SMILES string of the molecule is CC1(c2cccc(NC(=O)C3CCCN3C(=O)c3ccc(Br)cc3)c2)NC(=O)NC1=O. The third-order valence-corrected chi connectivity index (χ3v) is 6.19. The van der Waals surface area contributed by atoms with Crippen molar-refractivity contribution >= 4 is 45.4 Å². The third kappa shape index (κ3) is 4.05. The summed E-state index contributed by atoms with van der Waals surface area (Å²) in [6.45, 7) is 2.11. The Hall–Kier alpha value is -3.20. The van der Waals surface area contributed by atoms with Crippen LogP contribution in [0.2, 0.25) is 0 Å². The van der Waals surface area contributed by atoms with Gasteiger partial charge in [0.25, 0.3) is 11.8 Å². The van der Waals surface area contributed by atoms with Crippen molar-refractivity contribution in [3.8, 4) is 0 Å². The zero-order valence-corrected chi connectivity index (χ0v) is 18.4. The van der Waals surface area contributed by atoms with Crippen LogP contribution in [0.4, 0.5) is 10.5 Å². The molecule has 2 aliphatic heterocycles. The highest BCUT2D eigenvalue weighted by molar-refractivity contribution is 9.10. The first-order valence-electron chi connectivity index (χ1n) is 9.89. The van der Waals surface area contributed by atoms with Crippen molar-refractivity contribution in [3.05, 3.63) is 64.1 Å². The molecule has 0 radical (unpaired) electrons. The number of likely N-dealkylation sites (tertiary alicyclic amines) is 1. The number of carbonyl (C=O) groups is 4. The predicted molar refractivity (Wildman–Crippen MR) is 117 cm³/mol. The summed E-state index contributed by atoms with van der Waals surface area (Å²) >= 11 is 3.35. The molecule has 0 bridgehead atoms. The number of nitrogens with zero attached hydrogens (tertiary/aromatic N) is 1. The summed E-state index contributed by atoms with van der Waals surface area (Å²) in [6.07, 6.45) is 1.31. The zero-order chi connectivity index (χ0) is 22.2. The minimum atomic E-state index is -1.21. The standard InChI is InChI=1S/C22H21BrN4O4/c1-22(20(30)25-21(31)26-22)14-4-2-5-16(12-14)24-18(28)17-6-3-11-27(17)19(29)13-7-9-15(23)10-8-13/h2,4-5,7-10,12,17H,3,6,11H2,1H3,(H,24,28)(H2,25,26,30,31). The van der Waals surface area contributed by atoms with E-state index in [0.717, 1.165) is 10.9 Å². The van der Waals surface area contributed by atoms with Gasteiger partial charge in [0.15, 0.2) is 0 Å². The van der Waals surface area contributed by atoms with E-state index in [1.165, 1.54) is 0 Å². The smallest absolute Gasteiger partial charge is 0.322 e. The lowest BCUT2D eigenvalue weighted by Gasteiger charge is -2.25. The van der Waals surface area contributed by atoms with E-state index in [0.29, 0.717) is 29.8 Å². The maximum Gasteiger partial charge on any atom is 0.322 e. The second-order valence-electron chi connectivity index (χ2n) is 7.77. The van der Waals surface area contributed by atoms with E-state index in [1.807, 2.05) is 0 Å². The highest BCUT2D eigenvalue weighted by Crippen LogP contribution is 2.27. The van der Waals surface area contributed by atoms with Crippen LogP contribution in [0.3, 0.4) is 0 Å². The normalized spacial score (nSPS) is 22.8. The molecule has 2 heterocycles. The number of rotatable bonds is 4. The van der Waals surface area contributed by atoms with Crippen molar-refractivity contribution in [1.82, 2.24) is 15.5 Å². The molecule has 9 heteroatoms. The molecule has 4 rings (SSSR count). The van der Waals surface area contributed by atoms with Gasteiger partial charge in [0, 0.05) is 22.3 Å². The average Bonchev–Trinajstić information content (AvgIpc) is 3.33. The Balaban J connectivity index is 1.50. The van der Waals surface area contributed by atoms with E-state index in [2.05, 4.69) is 31.9 Å². The molecule has 2 aliphatic rings. The molecule has 2 atom stereocenters. The molecule has 0 aliphatic carbocycles. The lowest BCUT2D eigenvalue weighted by Crippen LogP contribution is -2.43. The monoisotopic (exact) mass is 484 g/mol. The first-order chi connectivity index (χ1) is 14.8. The van der Waals surface area contributed by atoms with Gasteiger partial charge in [-0.2, -0.15) is 0 Å². The maximum absolute atomic E-state index is 13.0. The number of carbonyl (C=O) groups excluding carboxylic acids is 4. The summed E-state index contributed by atoms with van der Waals surface area (Å²) in [6, 6.07) is 12.7. The molecular weight excluding hydrogens is 464 g/mol. The van der Waals surface area contributed by atoms with Gasteiger partial charge < -0.3 is 15.5 Å². The highest BCUT2D eigenvalue weighted by atomic mass is 79.9.